The number of hydrogen-bond acceptors (Lipinski definition) is 3. The second-order valence-electron chi connectivity index (χ2n) is 4.60. The van der Waals surface area contributed by atoms with Gasteiger partial charge in [0.05, 0.1) is 0 Å². The molecule has 0 aromatic carbocycles. The number of likely N-dealkylation sites (tertiary alicyclic amines) is 1. The van der Waals surface area contributed by atoms with Crippen molar-refractivity contribution in [1.29, 1.82) is 0 Å². The minimum absolute atomic E-state index is 0.326. The molecule has 0 saturated carbocycles. The van der Waals surface area contributed by atoms with Gasteiger partial charge in [0.25, 0.3) is 0 Å². The van der Waals surface area contributed by atoms with Gasteiger partial charge in [-0.3, -0.25) is 0 Å². The normalized spacial score (nSPS) is 23.2. The van der Waals surface area contributed by atoms with E-state index < -0.39 is 0 Å². The van der Waals surface area contributed by atoms with Crippen LogP contribution in [-0.4, -0.2) is 49.3 Å². The number of nitrogens with zero attached hydrogens (tertiary/aromatic N) is 1. The van der Waals surface area contributed by atoms with Crippen LogP contribution in [0.4, 0.5) is 0 Å². The van der Waals surface area contributed by atoms with Crippen LogP contribution >= 0.6 is 0 Å². The molecule has 1 aliphatic heterocycles. The third-order valence-electron chi connectivity index (χ3n) is 3.34. The lowest BCUT2D eigenvalue weighted by molar-refractivity contribution is 0.175. The van der Waals surface area contributed by atoms with Crippen LogP contribution in [0.2, 0.25) is 0 Å². The summed E-state index contributed by atoms with van der Waals surface area (Å²) in [6, 6.07) is 0.795. The van der Waals surface area contributed by atoms with Gasteiger partial charge >= 0.3 is 0 Å². The summed E-state index contributed by atoms with van der Waals surface area (Å²) < 4.78 is 0. The van der Waals surface area contributed by atoms with Gasteiger partial charge in [-0.1, -0.05) is 6.42 Å². The van der Waals surface area contributed by atoms with Crippen LogP contribution in [0.5, 0.6) is 0 Å². The number of hydrogen-bond donors (Lipinski definition) is 2. The van der Waals surface area contributed by atoms with E-state index in [1.807, 2.05) is 0 Å². The fourth-order valence-corrected chi connectivity index (χ4v) is 2.26. The van der Waals surface area contributed by atoms with E-state index in [0.717, 1.165) is 32.0 Å². The van der Waals surface area contributed by atoms with E-state index >= 15 is 0 Å². The molecule has 1 heterocycles. The molecule has 1 atom stereocenters. The smallest absolute Gasteiger partial charge is 0.0431 e. The molecule has 0 bridgehead atoms. The standard InChI is InChI=1S/C12H26N2O/c1-14-10-4-2-6-12(14)7-9-13-8-3-5-11-15/h12-13,15H,2-11H2,1H3. The zero-order chi connectivity index (χ0) is 10.9. The average molecular weight is 214 g/mol. The molecule has 0 aromatic heterocycles. The Morgan fingerprint density at radius 1 is 1.27 bits per heavy atom. The first kappa shape index (κ1) is 12.9. The van der Waals surface area contributed by atoms with Gasteiger partial charge in [-0.25, -0.2) is 0 Å². The number of piperidine rings is 1. The summed E-state index contributed by atoms with van der Waals surface area (Å²) in [5.41, 5.74) is 0. The van der Waals surface area contributed by atoms with Crippen LogP contribution in [-0.2, 0) is 0 Å². The highest BCUT2D eigenvalue weighted by Gasteiger charge is 2.17. The Hall–Kier alpha value is -0.120. The quantitative estimate of drug-likeness (QED) is 0.626. The molecule has 15 heavy (non-hydrogen) atoms. The monoisotopic (exact) mass is 214 g/mol. The third-order valence-corrected chi connectivity index (χ3v) is 3.34. The summed E-state index contributed by atoms with van der Waals surface area (Å²) in [6.45, 7) is 3.78. The molecule has 3 heteroatoms. The van der Waals surface area contributed by atoms with Crippen molar-refractivity contribution in [1.82, 2.24) is 10.2 Å². The number of aliphatic hydroxyl groups is 1. The van der Waals surface area contributed by atoms with Crippen LogP contribution < -0.4 is 5.32 Å². The number of nitrogens with one attached hydrogen (secondary N) is 1. The lowest BCUT2D eigenvalue weighted by Crippen LogP contribution is -2.38. The van der Waals surface area contributed by atoms with E-state index in [0.29, 0.717) is 6.61 Å². The zero-order valence-corrected chi connectivity index (χ0v) is 10.0. The molecule has 2 N–H and O–H groups in total. The molecular formula is C12H26N2O. The molecule has 0 aliphatic carbocycles. The molecule has 0 spiro atoms. The van der Waals surface area contributed by atoms with Crippen LogP contribution in [0.1, 0.15) is 38.5 Å². The maximum atomic E-state index is 8.63. The molecule has 1 saturated heterocycles. The highest BCUT2D eigenvalue weighted by Crippen LogP contribution is 2.16. The Morgan fingerprint density at radius 2 is 2.13 bits per heavy atom. The largest absolute Gasteiger partial charge is 0.396 e. The van der Waals surface area contributed by atoms with Gasteiger partial charge in [-0.15, -0.1) is 0 Å². The molecule has 90 valence electrons. The van der Waals surface area contributed by atoms with E-state index in [1.165, 1.54) is 32.2 Å². The van der Waals surface area contributed by atoms with Crippen molar-refractivity contribution in [3.8, 4) is 0 Å². The molecule has 0 radical (unpaired) electrons. The topological polar surface area (TPSA) is 35.5 Å². The zero-order valence-electron chi connectivity index (χ0n) is 10.0. The van der Waals surface area contributed by atoms with E-state index in [4.69, 9.17) is 5.11 Å². The average Bonchev–Trinajstić information content (AvgIpc) is 2.25. The first-order valence-electron chi connectivity index (χ1n) is 6.36. The van der Waals surface area contributed by atoms with E-state index in [-0.39, 0.29) is 0 Å². The van der Waals surface area contributed by atoms with Crippen LogP contribution in [0.3, 0.4) is 0 Å². The lowest BCUT2D eigenvalue weighted by atomic mass is 10.0. The van der Waals surface area contributed by atoms with Crippen molar-refractivity contribution in [2.45, 2.75) is 44.6 Å². The summed E-state index contributed by atoms with van der Waals surface area (Å²) in [7, 11) is 2.25. The number of rotatable bonds is 7. The van der Waals surface area contributed by atoms with Gasteiger partial charge < -0.3 is 15.3 Å². The minimum atomic E-state index is 0.326. The molecule has 0 amide bonds. The van der Waals surface area contributed by atoms with Crippen molar-refractivity contribution in [3.05, 3.63) is 0 Å². The summed E-state index contributed by atoms with van der Waals surface area (Å²) in [5, 5.41) is 12.1. The van der Waals surface area contributed by atoms with Gasteiger partial charge in [0.1, 0.15) is 0 Å². The second kappa shape index (κ2) is 8.08. The van der Waals surface area contributed by atoms with Gasteiger partial charge in [0.15, 0.2) is 0 Å². The van der Waals surface area contributed by atoms with Crippen molar-refractivity contribution in [3.63, 3.8) is 0 Å². The van der Waals surface area contributed by atoms with E-state index in [1.54, 1.807) is 0 Å². The first-order valence-corrected chi connectivity index (χ1v) is 6.36. The predicted molar refractivity (Wildman–Crippen MR) is 64.1 cm³/mol. The van der Waals surface area contributed by atoms with Gasteiger partial charge in [-0.05, 0) is 58.8 Å². The fourth-order valence-electron chi connectivity index (χ4n) is 2.26. The van der Waals surface area contributed by atoms with Crippen molar-refractivity contribution in [2.24, 2.45) is 0 Å². The molecule has 1 aliphatic rings. The van der Waals surface area contributed by atoms with Crippen molar-refractivity contribution >= 4 is 0 Å². The van der Waals surface area contributed by atoms with E-state index in [2.05, 4.69) is 17.3 Å². The Bertz CT molecular complexity index is 153. The Morgan fingerprint density at radius 3 is 2.87 bits per heavy atom. The summed E-state index contributed by atoms with van der Waals surface area (Å²) in [5.74, 6) is 0. The van der Waals surface area contributed by atoms with E-state index in [9.17, 15) is 0 Å². The van der Waals surface area contributed by atoms with Gasteiger partial charge in [-0.2, -0.15) is 0 Å². The van der Waals surface area contributed by atoms with Crippen molar-refractivity contribution in [2.75, 3.05) is 33.3 Å². The van der Waals surface area contributed by atoms with Crippen LogP contribution in [0, 0.1) is 0 Å². The maximum absolute atomic E-state index is 8.63. The SMILES string of the molecule is CN1CCCCC1CCNCCCCO. The number of aliphatic hydroxyl groups excluding tert-OH is 1. The Labute approximate surface area is 93.9 Å². The first-order chi connectivity index (χ1) is 7.34. The second-order valence-corrected chi connectivity index (χ2v) is 4.60. The highest BCUT2D eigenvalue weighted by atomic mass is 16.2. The maximum Gasteiger partial charge on any atom is 0.0431 e. The molecular weight excluding hydrogens is 188 g/mol. The molecule has 3 nitrogen and oxygen atoms in total. The van der Waals surface area contributed by atoms with Gasteiger partial charge in [0.2, 0.25) is 0 Å². The summed E-state index contributed by atoms with van der Waals surface area (Å²) in [4.78, 5) is 2.50. The molecule has 1 unspecified atom stereocenters. The molecule has 0 aromatic rings. The predicted octanol–water partition coefficient (Wildman–Crippen LogP) is 1.22. The van der Waals surface area contributed by atoms with Crippen LogP contribution in [0.15, 0.2) is 0 Å². The van der Waals surface area contributed by atoms with Gasteiger partial charge in [0, 0.05) is 12.6 Å². The molecule has 1 rings (SSSR count). The van der Waals surface area contributed by atoms with Crippen molar-refractivity contribution < 1.29 is 5.11 Å². The number of unbranched alkanes of at least 4 members (excludes halogenated alkanes) is 1. The Kier molecular flexibility index (Phi) is 6.98. The third kappa shape index (κ3) is 5.50. The highest BCUT2D eigenvalue weighted by molar-refractivity contribution is 4.74. The Balaban J connectivity index is 1.94. The molecule has 1 fully saturated rings. The summed E-state index contributed by atoms with van der Waals surface area (Å²) >= 11 is 0. The summed E-state index contributed by atoms with van der Waals surface area (Å²) in [6.07, 6.45) is 7.44. The minimum Gasteiger partial charge on any atom is -0.396 e. The lowest BCUT2D eigenvalue weighted by Gasteiger charge is -2.32. The van der Waals surface area contributed by atoms with Crippen LogP contribution in [0.25, 0.3) is 0 Å². The fraction of sp³-hybridized carbons (Fsp3) is 1.00.